The molecular formula is C57H48N4S. The smallest absolute Gasteiger partial charge is 0.162 e. The third-order valence-corrected chi connectivity index (χ3v) is 13.4. The van der Waals surface area contributed by atoms with Gasteiger partial charge in [0.15, 0.2) is 5.82 Å². The Morgan fingerprint density at radius 2 is 1.61 bits per heavy atom. The van der Waals surface area contributed by atoms with Crippen molar-refractivity contribution in [1.29, 1.82) is 0 Å². The molecule has 1 unspecified atom stereocenters. The molecule has 0 N–H and O–H groups in total. The van der Waals surface area contributed by atoms with Crippen LogP contribution < -0.4 is 4.90 Å². The summed E-state index contributed by atoms with van der Waals surface area (Å²) in [6, 6.07) is 48.2. The molecule has 0 amide bonds. The van der Waals surface area contributed by atoms with Crippen molar-refractivity contribution in [2.24, 2.45) is 5.92 Å². The van der Waals surface area contributed by atoms with Gasteiger partial charge in [-0.2, -0.15) is 0 Å². The van der Waals surface area contributed by atoms with Crippen LogP contribution in [0.15, 0.2) is 205 Å². The van der Waals surface area contributed by atoms with E-state index in [0.717, 1.165) is 81.7 Å². The second kappa shape index (κ2) is 16.8. The van der Waals surface area contributed by atoms with Crippen molar-refractivity contribution in [3.05, 3.63) is 205 Å². The van der Waals surface area contributed by atoms with Gasteiger partial charge < -0.3 is 4.90 Å². The van der Waals surface area contributed by atoms with Gasteiger partial charge in [-0.05, 0) is 83.9 Å². The van der Waals surface area contributed by atoms with E-state index in [4.69, 9.17) is 9.97 Å². The Labute approximate surface area is 368 Å². The van der Waals surface area contributed by atoms with E-state index in [9.17, 15) is 0 Å². The van der Waals surface area contributed by atoms with E-state index in [-0.39, 0.29) is 0 Å². The highest BCUT2D eigenvalue weighted by Crippen LogP contribution is 2.49. The van der Waals surface area contributed by atoms with E-state index < -0.39 is 0 Å². The molecule has 0 fully saturated rings. The van der Waals surface area contributed by atoms with Crippen molar-refractivity contribution in [3.63, 3.8) is 0 Å². The summed E-state index contributed by atoms with van der Waals surface area (Å²) < 4.78 is 2.38. The van der Waals surface area contributed by atoms with E-state index in [0.29, 0.717) is 11.7 Å². The molecule has 1 aliphatic heterocycles. The first-order chi connectivity index (χ1) is 30.5. The maximum absolute atomic E-state index is 5.47. The number of hydrogen-bond acceptors (Lipinski definition) is 4. The molecule has 2 aliphatic rings. The van der Waals surface area contributed by atoms with Crippen LogP contribution in [0.1, 0.15) is 38.7 Å². The molecule has 0 radical (unpaired) electrons. The summed E-state index contributed by atoms with van der Waals surface area (Å²) in [4.78, 5) is 16.0. The van der Waals surface area contributed by atoms with Crippen molar-refractivity contribution in [3.8, 4) is 39.6 Å². The zero-order valence-corrected chi connectivity index (χ0v) is 36.1. The highest BCUT2D eigenvalue weighted by atomic mass is 32.2. The minimum atomic E-state index is 0.441. The maximum atomic E-state index is 5.47. The van der Waals surface area contributed by atoms with Crippen LogP contribution in [-0.2, 0) is 0 Å². The standard InChI is InChI=1S/C57H48N4S/c1-5-17-38(4)18-16-35-60-49-25-13-14-26-52(49)62-53-34-32-44(36-51(53)60)46-23-15-24-47-55-45-22-12-11-19-41(45)31-33-50(55)61(56(46)47)54-37-48(42-20-9-8-10-21-42)58-57(59-54)43-29-27-40(28-30-43)39(6-2)7-3/h5-13,15-16,18-25,27-34,36-38H,1-2,14,17,26,35H2,3-4H3/b18-16-,39-7+. The number of benzene rings is 6. The van der Waals surface area contributed by atoms with Crippen LogP contribution >= 0.6 is 11.8 Å². The molecule has 6 aromatic carbocycles. The van der Waals surface area contributed by atoms with Gasteiger partial charge in [0.25, 0.3) is 0 Å². The Morgan fingerprint density at radius 3 is 2.44 bits per heavy atom. The summed E-state index contributed by atoms with van der Waals surface area (Å²) in [6.07, 6.45) is 18.4. The number of thioether (sulfide) groups is 1. The molecule has 4 nitrogen and oxygen atoms in total. The van der Waals surface area contributed by atoms with Gasteiger partial charge in [-0.15, -0.1) is 6.58 Å². The first-order valence-corrected chi connectivity index (χ1v) is 22.4. The molecule has 8 aromatic rings. The number of allylic oxidation sites excluding steroid dienone is 8. The molecule has 2 aromatic heterocycles. The van der Waals surface area contributed by atoms with E-state index in [1.54, 1.807) is 0 Å². The van der Waals surface area contributed by atoms with Crippen molar-refractivity contribution < 1.29 is 0 Å². The predicted octanol–water partition coefficient (Wildman–Crippen LogP) is 15.6. The monoisotopic (exact) mass is 820 g/mol. The van der Waals surface area contributed by atoms with E-state index in [2.05, 4.69) is 187 Å². The van der Waals surface area contributed by atoms with Crippen LogP contribution in [0.2, 0.25) is 0 Å². The number of para-hydroxylation sites is 1. The van der Waals surface area contributed by atoms with Crippen LogP contribution in [0.5, 0.6) is 0 Å². The Hall–Kier alpha value is -6.95. The van der Waals surface area contributed by atoms with Crippen LogP contribution in [0, 0.1) is 5.92 Å². The Bertz CT molecular complexity index is 3160. The third kappa shape index (κ3) is 7.12. The second-order valence-electron chi connectivity index (χ2n) is 16.1. The third-order valence-electron chi connectivity index (χ3n) is 12.2. The molecule has 10 rings (SSSR count). The molecule has 62 heavy (non-hydrogen) atoms. The topological polar surface area (TPSA) is 34.0 Å². The molecule has 0 spiro atoms. The lowest BCUT2D eigenvalue weighted by Gasteiger charge is -2.35. The molecule has 0 bridgehead atoms. The average Bonchev–Trinajstić information content (AvgIpc) is 3.67. The molecule has 0 saturated heterocycles. The quantitative estimate of drug-likeness (QED) is 0.0961. The van der Waals surface area contributed by atoms with Crippen molar-refractivity contribution in [2.75, 3.05) is 11.4 Å². The maximum Gasteiger partial charge on any atom is 0.162 e. The van der Waals surface area contributed by atoms with Crippen LogP contribution in [0.3, 0.4) is 0 Å². The summed E-state index contributed by atoms with van der Waals surface area (Å²) in [5, 5.41) is 4.83. The lowest BCUT2D eigenvalue weighted by Crippen LogP contribution is -2.26. The van der Waals surface area contributed by atoms with Crippen LogP contribution in [0.25, 0.3) is 77.7 Å². The van der Waals surface area contributed by atoms with Gasteiger partial charge in [-0.1, -0.05) is 171 Å². The molecular weight excluding hydrogens is 773 g/mol. The minimum Gasteiger partial charge on any atom is -0.336 e. The molecule has 0 saturated carbocycles. The van der Waals surface area contributed by atoms with Gasteiger partial charge in [-0.3, -0.25) is 4.57 Å². The fourth-order valence-corrected chi connectivity index (χ4v) is 10.3. The fourth-order valence-electron chi connectivity index (χ4n) is 9.11. The number of nitrogens with zero attached hydrogens (tertiary/aromatic N) is 4. The molecule has 3 heterocycles. The number of fused-ring (bicyclic) bond motifs is 6. The highest BCUT2D eigenvalue weighted by molar-refractivity contribution is 8.03. The molecule has 302 valence electrons. The normalized spacial score (nSPS) is 14.5. The first-order valence-electron chi connectivity index (χ1n) is 21.6. The van der Waals surface area contributed by atoms with Crippen LogP contribution in [0.4, 0.5) is 5.69 Å². The van der Waals surface area contributed by atoms with Crippen LogP contribution in [-0.4, -0.2) is 21.1 Å². The van der Waals surface area contributed by atoms with Crippen molar-refractivity contribution in [2.45, 2.75) is 38.0 Å². The Kier molecular flexibility index (Phi) is 10.6. The molecule has 1 aliphatic carbocycles. The zero-order chi connectivity index (χ0) is 42.2. The number of anilines is 1. The molecule has 1 atom stereocenters. The summed E-state index contributed by atoms with van der Waals surface area (Å²) in [5.74, 6) is 1.93. The summed E-state index contributed by atoms with van der Waals surface area (Å²) in [7, 11) is 0. The number of aromatic nitrogens is 3. The zero-order valence-electron chi connectivity index (χ0n) is 35.3. The van der Waals surface area contributed by atoms with Gasteiger partial charge in [0.1, 0.15) is 5.82 Å². The SMILES string of the molecule is C=CCC(C)/C=C\CN1C2=C(CCC=C2)Sc2ccc(-c3cccc4c5c6ccccc6ccc5n(-c5cc(-c6ccccc6)nc(-c6ccc(/C(C=C)=C/C)cc6)n5)c34)cc21. The molecule has 5 heteroatoms. The highest BCUT2D eigenvalue weighted by Gasteiger charge is 2.27. The summed E-state index contributed by atoms with van der Waals surface area (Å²) in [5.41, 5.74) is 12.1. The van der Waals surface area contributed by atoms with Gasteiger partial charge in [-0.25, -0.2) is 9.97 Å². The minimum absolute atomic E-state index is 0.441. The summed E-state index contributed by atoms with van der Waals surface area (Å²) in [6.45, 7) is 13.1. The van der Waals surface area contributed by atoms with Gasteiger partial charge in [0.2, 0.25) is 0 Å². The Morgan fingerprint density at radius 1 is 0.806 bits per heavy atom. The van der Waals surface area contributed by atoms with Gasteiger partial charge in [0.05, 0.1) is 28.1 Å². The van der Waals surface area contributed by atoms with E-state index in [1.165, 1.54) is 42.7 Å². The fraction of sp³-hybridized carbons (Fsp3) is 0.123. The van der Waals surface area contributed by atoms with E-state index >= 15 is 0 Å². The average molecular weight is 821 g/mol. The first kappa shape index (κ1) is 39.2. The number of rotatable bonds is 11. The van der Waals surface area contributed by atoms with Crippen molar-refractivity contribution in [1.82, 2.24) is 14.5 Å². The second-order valence-corrected chi connectivity index (χ2v) is 17.3. The lowest BCUT2D eigenvalue weighted by molar-refractivity contribution is 0.742. The Balaban J connectivity index is 1.21. The van der Waals surface area contributed by atoms with Gasteiger partial charge in [0, 0.05) is 49.9 Å². The number of hydrogen-bond donors (Lipinski definition) is 0. The van der Waals surface area contributed by atoms with Crippen molar-refractivity contribution >= 4 is 55.6 Å². The lowest BCUT2D eigenvalue weighted by atomic mass is 9.99. The largest absolute Gasteiger partial charge is 0.336 e. The summed E-state index contributed by atoms with van der Waals surface area (Å²) >= 11 is 1.93. The van der Waals surface area contributed by atoms with Gasteiger partial charge >= 0.3 is 0 Å². The predicted molar refractivity (Wildman–Crippen MR) is 266 cm³/mol. The van der Waals surface area contributed by atoms with E-state index in [1.807, 2.05) is 36.9 Å².